The molecule has 170 valence electrons. The number of nitrogens with one attached hydrogen (secondary N) is 1. The van der Waals surface area contributed by atoms with Crippen LogP contribution in [0.4, 0.5) is 0 Å². The van der Waals surface area contributed by atoms with Crippen LogP contribution in [0.3, 0.4) is 0 Å². The van der Waals surface area contributed by atoms with Gasteiger partial charge in [0, 0.05) is 30.5 Å². The van der Waals surface area contributed by atoms with Crippen LogP contribution in [0.1, 0.15) is 77.0 Å². The van der Waals surface area contributed by atoms with E-state index in [1.165, 1.54) is 57.7 Å². The largest absolute Gasteiger partial charge is 0.377 e. The van der Waals surface area contributed by atoms with Gasteiger partial charge < -0.3 is 10.2 Å². The summed E-state index contributed by atoms with van der Waals surface area (Å²) in [6.45, 7) is 3.31. The molecule has 0 aromatic carbocycles. The number of allylic oxidation sites excluding steroid dienone is 6. The molecular formula is C28H42N2O. The SMILES string of the molecule is O=CC1=CC2CC/C=C\CCCCN3C=C[C@@H]1[C@]1(CC/C=C/CCCCCCN[C@@H]21)C3. The van der Waals surface area contributed by atoms with Crippen molar-refractivity contribution in [1.29, 1.82) is 0 Å². The normalized spacial score (nSPS) is 37.4. The number of carbonyl (C=O) groups excluding carboxylic acids is 1. The molecule has 1 aliphatic carbocycles. The lowest BCUT2D eigenvalue weighted by Gasteiger charge is -2.55. The summed E-state index contributed by atoms with van der Waals surface area (Å²) in [6.07, 6.45) is 32.5. The molecule has 0 radical (unpaired) electrons. The summed E-state index contributed by atoms with van der Waals surface area (Å²) >= 11 is 0. The standard InChI is InChI=1S/C28H42N2O/c31-22-25-21-24-15-11-7-3-6-10-14-19-30-20-16-26(25)28(23-30)17-12-8-4-1-2-5-9-13-18-29-27(24)28/h3-4,7-8,16,20-22,24,26-27,29H,1-2,5-6,9-15,17-19,23H2/b7-3-,8-4+/t24?,26-,27-,28-/m0/s1. The second-order valence-corrected chi connectivity index (χ2v) is 10.2. The van der Waals surface area contributed by atoms with E-state index in [4.69, 9.17) is 0 Å². The zero-order chi connectivity index (χ0) is 21.4. The molecule has 0 saturated heterocycles. The lowest BCUT2D eigenvalue weighted by molar-refractivity contribution is -0.106. The van der Waals surface area contributed by atoms with Gasteiger partial charge in [-0.05, 0) is 88.4 Å². The molecule has 0 amide bonds. The fourth-order valence-corrected chi connectivity index (χ4v) is 6.49. The van der Waals surface area contributed by atoms with Crippen molar-refractivity contribution in [3.05, 3.63) is 48.2 Å². The van der Waals surface area contributed by atoms with Crippen molar-refractivity contribution in [2.24, 2.45) is 17.3 Å². The number of hydrogen-bond donors (Lipinski definition) is 1. The third-order valence-corrected chi connectivity index (χ3v) is 8.06. The summed E-state index contributed by atoms with van der Waals surface area (Å²) in [4.78, 5) is 14.8. The third-order valence-electron chi connectivity index (χ3n) is 8.06. The molecule has 1 unspecified atom stereocenters. The van der Waals surface area contributed by atoms with E-state index in [9.17, 15) is 4.79 Å². The average Bonchev–Trinajstić information content (AvgIpc) is 2.80. The molecule has 3 bridgehead atoms. The number of rotatable bonds is 1. The molecule has 4 aliphatic rings. The second kappa shape index (κ2) is 11.3. The summed E-state index contributed by atoms with van der Waals surface area (Å²) in [5.74, 6) is 0.679. The van der Waals surface area contributed by atoms with E-state index >= 15 is 0 Å². The Morgan fingerprint density at radius 1 is 0.935 bits per heavy atom. The lowest BCUT2D eigenvalue weighted by Crippen LogP contribution is -2.61. The second-order valence-electron chi connectivity index (χ2n) is 10.2. The molecule has 1 N–H and O–H groups in total. The molecule has 3 nitrogen and oxygen atoms in total. The first-order valence-corrected chi connectivity index (χ1v) is 13.0. The Labute approximate surface area is 189 Å². The molecule has 1 spiro atoms. The van der Waals surface area contributed by atoms with Crippen molar-refractivity contribution >= 4 is 6.29 Å². The molecule has 0 saturated carbocycles. The summed E-state index contributed by atoms with van der Waals surface area (Å²) in [7, 11) is 0. The highest BCUT2D eigenvalue weighted by molar-refractivity contribution is 5.76. The molecule has 0 aromatic heterocycles. The van der Waals surface area contributed by atoms with E-state index in [0.29, 0.717) is 12.0 Å². The molecular weight excluding hydrogens is 380 g/mol. The van der Waals surface area contributed by atoms with E-state index in [1.807, 2.05) is 0 Å². The van der Waals surface area contributed by atoms with Crippen molar-refractivity contribution in [2.45, 2.75) is 83.1 Å². The molecule has 3 heterocycles. The number of aldehydes is 1. The van der Waals surface area contributed by atoms with Crippen LogP contribution >= 0.6 is 0 Å². The quantitative estimate of drug-likeness (QED) is 0.418. The monoisotopic (exact) mass is 422 g/mol. The van der Waals surface area contributed by atoms with Gasteiger partial charge in [0.25, 0.3) is 0 Å². The van der Waals surface area contributed by atoms with Crippen LogP contribution in [0.25, 0.3) is 0 Å². The maximum atomic E-state index is 12.2. The predicted molar refractivity (Wildman–Crippen MR) is 130 cm³/mol. The van der Waals surface area contributed by atoms with Gasteiger partial charge in [-0.1, -0.05) is 49.3 Å². The van der Waals surface area contributed by atoms with Crippen molar-refractivity contribution in [1.82, 2.24) is 10.2 Å². The first-order valence-electron chi connectivity index (χ1n) is 13.0. The van der Waals surface area contributed by atoms with E-state index in [2.05, 4.69) is 52.9 Å². The molecule has 3 heteroatoms. The topological polar surface area (TPSA) is 32.3 Å². The lowest BCUT2D eigenvalue weighted by atomic mass is 9.56. The van der Waals surface area contributed by atoms with E-state index in [0.717, 1.165) is 50.9 Å². The zero-order valence-electron chi connectivity index (χ0n) is 19.3. The molecule has 3 aliphatic heterocycles. The van der Waals surface area contributed by atoms with Crippen LogP contribution in [0.5, 0.6) is 0 Å². The maximum Gasteiger partial charge on any atom is 0.146 e. The summed E-state index contributed by atoms with van der Waals surface area (Å²) in [6, 6.07) is 0.442. The highest BCUT2D eigenvalue weighted by Crippen LogP contribution is 2.51. The number of hydrogen-bond acceptors (Lipinski definition) is 3. The van der Waals surface area contributed by atoms with Crippen molar-refractivity contribution in [3.8, 4) is 0 Å². The minimum Gasteiger partial charge on any atom is -0.377 e. The van der Waals surface area contributed by atoms with Crippen molar-refractivity contribution in [3.63, 3.8) is 0 Å². The Morgan fingerprint density at radius 3 is 2.58 bits per heavy atom. The average molecular weight is 423 g/mol. The summed E-state index contributed by atoms with van der Waals surface area (Å²) < 4.78 is 0. The van der Waals surface area contributed by atoms with Crippen LogP contribution in [-0.4, -0.2) is 36.9 Å². The molecule has 0 fully saturated rings. The van der Waals surface area contributed by atoms with Gasteiger partial charge in [0.1, 0.15) is 6.29 Å². The van der Waals surface area contributed by atoms with Gasteiger partial charge in [0.05, 0.1) is 0 Å². The summed E-state index contributed by atoms with van der Waals surface area (Å²) in [5.41, 5.74) is 1.13. The van der Waals surface area contributed by atoms with E-state index < -0.39 is 0 Å². The molecule has 0 aromatic rings. The highest BCUT2D eigenvalue weighted by Gasteiger charge is 2.52. The van der Waals surface area contributed by atoms with Gasteiger partial charge in [-0.15, -0.1) is 0 Å². The van der Waals surface area contributed by atoms with Crippen LogP contribution < -0.4 is 5.32 Å². The molecule has 4 atom stereocenters. The van der Waals surface area contributed by atoms with Gasteiger partial charge in [0.2, 0.25) is 0 Å². The van der Waals surface area contributed by atoms with Crippen LogP contribution in [0, 0.1) is 17.3 Å². The van der Waals surface area contributed by atoms with Gasteiger partial charge in [0.15, 0.2) is 0 Å². The third kappa shape index (κ3) is 5.42. The predicted octanol–water partition coefficient (Wildman–Crippen LogP) is 5.95. The molecule has 31 heavy (non-hydrogen) atoms. The first-order chi connectivity index (χ1) is 15.3. The van der Waals surface area contributed by atoms with Crippen LogP contribution in [-0.2, 0) is 4.79 Å². The van der Waals surface area contributed by atoms with Gasteiger partial charge >= 0.3 is 0 Å². The van der Waals surface area contributed by atoms with Crippen molar-refractivity contribution < 1.29 is 4.79 Å². The zero-order valence-corrected chi connectivity index (χ0v) is 19.3. The minimum atomic E-state index is 0.0978. The highest BCUT2D eigenvalue weighted by atomic mass is 16.1. The van der Waals surface area contributed by atoms with Gasteiger partial charge in [-0.2, -0.15) is 0 Å². The molecule has 4 rings (SSSR count). The van der Waals surface area contributed by atoms with Gasteiger partial charge in [-0.3, -0.25) is 4.79 Å². The fraction of sp³-hybridized carbons (Fsp3) is 0.679. The minimum absolute atomic E-state index is 0.0978. The number of nitrogens with zero attached hydrogens (tertiary/aromatic N) is 1. The Bertz CT molecular complexity index is 706. The Hall–Kier alpha value is -1.61. The Morgan fingerprint density at radius 2 is 1.71 bits per heavy atom. The first kappa shape index (κ1) is 22.6. The maximum absolute atomic E-state index is 12.2. The van der Waals surface area contributed by atoms with Crippen LogP contribution in [0.2, 0.25) is 0 Å². The van der Waals surface area contributed by atoms with Gasteiger partial charge in [-0.25, -0.2) is 0 Å². The van der Waals surface area contributed by atoms with Crippen LogP contribution in [0.15, 0.2) is 48.2 Å². The number of fused-ring (bicyclic) bond motifs is 1. The fourth-order valence-electron chi connectivity index (χ4n) is 6.49. The smallest absolute Gasteiger partial charge is 0.146 e. The summed E-state index contributed by atoms with van der Waals surface area (Å²) in [5, 5.41) is 4.08. The van der Waals surface area contributed by atoms with E-state index in [1.54, 1.807) is 0 Å². The Kier molecular flexibility index (Phi) is 8.24. The van der Waals surface area contributed by atoms with E-state index in [-0.39, 0.29) is 11.3 Å². The van der Waals surface area contributed by atoms with Crippen molar-refractivity contribution in [2.75, 3.05) is 19.6 Å². The number of carbonyl (C=O) groups is 1. The Balaban J connectivity index is 1.73.